The molecule has 2 aromatic rings. The summed E-state index contributed by atoms with van der Waals surface area (Å²) in [5.41, 5.74) is 1.58. The van der Waals surface area contributed by atoms with Crippen LogP contribution in [0.3, 0.4) is 0 Å². The monoisotopic (exact) mass is 248 g/mol. The Bertz CT molecular complexity index is 592. The zero-order valence-corrected chi connectivity index (χ0v) is 9.58. The summed E-state index contributed by atoms with van der Waals surface area (Å²) < 4.78 is 0. The lowest BCUT2D eigenvalue weighted by Crippen LogP contribution is -1.89. The topological polar surface area (TPSA) is 90.2 Å². The predicted octanol–water partition coefficient (Wildman–Crippen LogP) is 2.63. The molecule has 0 aliphatic carbocycles. The summed E-state index contributed by atoms with van der Waals surface area (Å²) in [6, 6.07) is 6.87. The molecule has 0 aliphatic heterocycles. The quantitative estimate of drug-likeness (QED) is 0.372. The van der Waals surface area contributed by atoms with E-state index in [9.17, 15) is 15.3 Å². The van der Waals surface area contributed by atoms with E-state index in [1.807, 2.05) is 0 Å². The van der Waals surface area contributed by atoms with Gasteiger partial charge in [0.15, 0.2) is 5.75 Å². The number of hydrogen-bond acceptors (Lipinski definition) is 5. The minimum absolute atomic E-state index is 0.00387. The summed E-state index contributed by atoms with van der Waals surface area (Å²) in [5, 5.41) is 37.3. The van der Waals surface area contributed by atoms with Gasteiger partial charge in [-0.05, 0) is 48.4 Å². The van der Waals surface area contributed by atoms with E-state index >= 15 is 0 Å². The first kappa shape index (κ1) is 12.1. The van der Waals surface area contributed by atoms with Gasteiger partial charge >= 0.3 is 0 Å². The third-order valence-electron chi connectivity index (χ3n) is 2.67. The van der Waals surface area contributed by atoms with Crippen LogP contribution in [-0.2, 0) is 0 Å². The maximum Gasteiger partial charge on any atom is 0.206 e. The zero-order valence-electron chi connectivity index (χ0n) is 9.58. The van der Waals surface area contributed by atoms with E-state index in [-0.39, 0.29) is 23.0 Å². The molecule has 94 valence electrons. The summed E-state index contributed by atoms with van der Waals surface area (Å²) in [6.07, 6.45) is 0. The van der Waals surface area contributed by atoms with Crippen molar-refractivity contribution in [2.75, 3.05) is 0 Å². The highest BCUT2D eigenvalue weighted by atomic mass is 17.1. The van der Waals surface area contributed by atoms with Gasteiger partial charge in [-0.2, -0.15) is 0 Å². The molecule has 18 heavy (non-hydrogen) atoms. The van der Waals surface area contributed by atoms with Gasteiger partial charge in [-0.3, -0.25) is 0 Å². The van der Waals surface area contributed by atoms with Gasteiger partial charge in [-0.1, -0.05) is 0 Å². The molecule has 0 atom stereocenters. The molecule has 0 bridgehead atoms. The SMILES string of the molecule is Cc1cc(OO)c(O)cc1-c1cc(O)ccc1O. The smallest absolute Gasteiger partial charge is 0.206 e. The number of phenolic OH excluding ortho intramolecular Hbond substituents is 3. The van der Waals surface area contributed by atoms with E-state index in [2.05, 4.69) is 4.89 Å². The number of benzene rings is 2. The maximum atomic E-state index is 9.76. The number of phenols is 3. The van der Waals surface area contributed by atoms with Crippen molar-refractivity contribution in [3.63, 3.8) is 0 Å². The highest BCUT2D eigenvalue weighted by molar-refractivity contribution is 5.76. The zero-order chi connectivity index (χ0) is 13.3. The molecular weight excluding hydrogens is 236 g/mol. The summed E-state index contributed by atoms with van der Waals surface area (Å²) in [4.78, 5) is 4.01. The molecule has 0 unspecified atom stereocenters. The van der Waals surface area contributed by atoms with Crippen molar-refractivity contribution in [3.8, 4) is 34.1 Å². The van der Waals surface area contributed by atoms with Crippen molar-refractivity contribution in [2.45, 2.75) is 6.92 Å². The third-order valence-corrected chi connectivity index (χ3v) is 2.67. The molecular formula is C13H12O5. The van der Waals surface area contributed by atoms with Crippen LogP contribution in [0.15, 0.2) is 30.3 Å². The van der Waals surface area contributed by atoms with Crippen LogP contribution < -0.4 is 4.89 Å². The van der Waals surface area contributed by atoms with E-state index in [4.69, 9.17) is 5.26 Å². The molecule has 0 aliphatic rings. The van der Waals surface area contributed by atoms with Crippen molar-refractivity contribution < 1.29 is 25.5 Å². The van der Waals surface area contributed by atoms with E-state index in [0.717, 1.165) is 0 Å². The van der Waals surface area contributed by atoms with Crippen LogP contribution in [0.4, 0.5) is 0 Å². The summed E-state index contributed by atoms with van der Waals surface area (Å²) in [5.74, 6) is -0.353. The second-order valence-electron chi connectivity index (χ2n) is 3.93. The predicted molar refractivity (Wildman–Crippen MR) is 64.9 cm³/mol. The summed E-state index contributed by atoms with van der Waals surface area (Å²) in [7, 11) is 0. The maximum absolute atomic E-state index is 9.76. The molecule has 0 spiro atoms. The number of hydrogen-bond donors (Lipinski definition) is 4. The molecule has 0 saturated carbocycles. The van der Waals surface area contributed by atoms with Gasteiger partial charge in [0.25, 0.3) is 0 Å². The van der Waals surface area contributed by atoms with Gasteiger partial charge in [0.1, 0.15) is 11.5 Å². The third kappa shape index (κ3) is 2.03. The molecule has 2 rings (SSSR count). The average Bonchev–Trinajstić information content (AvgIpc) is 2.35. The second-order valence-corrected chi connectivity index (χ2v) is 3.93. The van der Waals surface area contributed by atoms with Crippen LogP contribution in [0.25, 0.3) is 11.1 Å². The molecule has 0 fully saturated rings. The molecule has 4 N–H and O–H groups in total. The lowest BCUT2D eigenvalue weighted by atomic mass is 9.98. The molecule has 0 heterocycles. The van der Waals surface area contributed by atoms with Gasteiger partial charge in [0.2, 0.25) is 5.75 Å². The Hall–Kier alpha value is -2.40. The van der Waals surface area contributed by atoms with Crippen LogP contribution in [0.1, 0.15) is 5.56 Å². The summed E-state index contributed by atoms with van der Waals surface area (Å²) >= 11 is 0. The van der Waals surface area contributed by atoms with E-state index in [0.29, 0.717) is 16.7 Å². The normalized spacial score (nSPS) is 10.3. The second kappa shape index (κ2) is 4.46. The number of aromatic hydroxyl groups is 3. The van der Waals surface area contributed by atoms with E-state index in [1.165, 1.54) is 30.3 Å². The standard InChI is InChI=1S/C13H12O5/c1-7-4-13(18-17)12(16)6-9(7)10-5-8(14)2-3-11(10)15/h2-6,14-17H,1H3. The highest BCUT2D eigenvalue weighted by Gasteiger charge is 2.13. The Kier molecular flexibility index (Phi) is 2.99. The Morgan fingerprint density at radius 2 is 1.61 bits per heavy atom. The van der Waals surface area contributed by atoms with Crippen LogP contribution in [0.5, 0.6) is 23.0 Å². The molecule has 0 saturated heterocycles. The first-order valence-electron chi connectivity index (χ1n) is 5.20. The summed E-state index contributed by atoms with van der Waals surface area (Å²) in [6.45, 7) is 1.72. The van der Waals surface area contributed by atoms with Crippen LogP contribution in [0, 0.1) is 6.92 Å². The lowest BCUT2D eigenvalue weighted by molar-refractivity contribution is -0.139. The first-order chi connectivity index (χ1) is 8.52. The highest BCUT2D eigenvalue weighted by Crippen LogP contribution is 2.39. The molecule has 5 nitrogen and oxygen atoms in total. The fourth-order valence-corrected chi connectivity index (χ4v) is 1.77. The minimum atomic E-state index is -0.263. The molecule has 2 aromatic carbocycles. The number of aryl methyl sites for hydroxylation is 1. The van der Waals surface area contributed by atoms with Crippen molar-refractivity contribution >= 4 is 0 Å². The van der Waals surface area contributed by atoms with Gasteiger partial charge in [0.05, 0.1) is 0 Å². The molecule has 0 radical (unpaired) electrons. The van der Waals surface area contributed by atoms with Crippen molar-refractivity contribution in [2.24, 2.45) is 0 Å². The fourth-order valence-electron chi connectivity index (χ4n) is 1.77. The van der Waals surface area contributed by atoms with Gasteiger partial charge in [-0.15, -0.1) is 0 Å². The fraction of sp³-hybridized carbons (Fsp3) is 0.0769. The average molecular weight is 248 g/mol. The number of rotatable bonds is 2. The first-order valence-corrected chi connectivity index (χ1v) is 5.20. The van der Waals surface area contributed by atoms with Crippen LogP contribution in [0.2, 0.25) is 0 Å². The van der Waals surface area contributed by atoms with Gasteiger partial charge in [-0.25, -0.2) is 5.26 Å². The Labute approximate surface area is 103 Å². The molecule has 5 heteroatoms. The van der Waals surface area contributed by atoms with Crippen molar-refractivity contribution in [1.29, 1.82) is 0 Å². The van der Waals surface area contributed by atoms with Crippen molar-refractivity contribution in [1.82, 2.24) is 0 Å². The molecule has 0 amide bonds. The van der Waals surface area contributed by atoms with E-state index < -0.39 is 0 Å². The van der Waals surface area contributed by atoms with E-state index in [1.54, 1.807) is 6.92 Å². The lowest BCUT2D eigenvalue weighted by Gasteiger charge is -2.11. The van der Waals surface area contributed by atoms with Gasteiger partial charge in [0, 0.05) is 5.56 Å². The Balaban J connectivity index is 2.64. The van der Waals surface area contributed by atoms with Crippen molar-refractivity contribution in [3.05, 3.63) is 35.9 Å². The Morgan fingerprint density at radius 1 is 0.889 bits per heavy atom. The molecule has 0 aromatic heterocycles. The van der Waals surface area contributed by atoms with Gasteiger partial charge < -0.3 is 20.2 Å². The van der Waals surface area contributed by atoms with Crippen LogP contribution >= 0.6 is 0 Å². The minimum Gasteiger partial charge on any atom is -0.508 e. The van der Waals surface area contributed by atoms with Crippen LogP contribution in [-0.4, -0.2) is 20.6 Å². The largest absolute Gasteiger partial charge is 0.508 e. The Morgan fingerprint density at radius 3 is 2.28 bits per heavy atom.